The molecule has 0 radical (unpaired) electrons. The van der Waals surface area contributed by atoms with Gasteiger partial charge in [0.1, 0.15) is 12.5 Å². The fourth-order valence-corrected chi connectivity index (χ4v) is 1.38. The molecule has 0 aromatic rings. The fraction of sp³-hybridized carbons (Fsp3) is 1.00. The van der Waals surface area contributed by atoms with Crippen molar-refractivity contribution >= 4 is 0 Å². The number of hydrogen-bond donors (Lipinski definition) is 2. The van der Waals surface area contributed by atoms with E-state index in [1.165, 1.54) is 0 Å². The molecule has 0 aromatic carbocycles. The SMILES string of the molecule is CCCCC(O)N(C)C(O)CCCC. The van der Waals surface area contributed by atoms with E-state index in [1.807, 2.05) is 0 Å². The summed E-state index contributed by atoms with van der Waals surface area (Å²) in [6, 6.07) is 0. The lowest BCUT2D eigenvalue weighted by atomic mass is 10.2. The van der Waals surface area contributed by atoms with Crippen LogP contribution in [0, 0.1) is 0 Å². The van der Waals surface area contributed by atoms with E-state index in [0.29, 0.717) is 0 Å². The summed E-state index contributed by atoms with van der Waals surface area (Å²) in [5.41, 5.74) is 0. The van der Waals surface area contributed by atoms with Gasteiger partial charge in [0, 0.05) is 0 Å². The van der Waals surface area contributed by atoms with Gasteiger partial charge in [0.2, 0.25) is 0 Å². The minimum Gasteiger partial charge on any atom is -0.378 e. The maximum atomic E-state index is 9.68. The molecule has 2 N–H and O–H groups in total. The van der Waals surface area contributed by atoms with Gasteiger partial charge in [-0.3, -0.25) is 4.90 Å². The van der Waals surface area contributed by atoms with Crippen LogP contribution in [0.5, 0.6) is 0 Å². The molecule has 2 atom stereocenters. The van der Waals surface area contributed by atoms with Crippen molar-refractivity contribution in [3.63, 3.8) is 0 Å². The highest BCUT2D eigenvalue weighted by Gasteiger charge is 2.17. The van der Waals surface area contributed by atoms with Gasteiger partial charge in [-0.15, -0.1) is 0 Å². The van der Waals surface area contributed by atoms with Gasteiger partial charge in [0.05, 0.1) is 0 Å². The van der Waals surface area contributed by atoms with Crippen molar-refractivity contribution in [2.24, 2.45) is 0 Å². The monoisotopic (exact) mass is 203 g/mol. The number of aliphatic hydroxyl groups excluding tert-OH is 2. The van der Waals surface area contributed by atoms with E-state index in [-0.39, 0.29) is 0 Å². The summed E-state index contributed by atoms with van der Waals surface area (Å²) in [5.74, 6) is 0. The Morgan fingerprint density at radius 3 is 1.57 bits per heavy atom. The Balaban J connectivity index is 3.72. The lowest BCUT2D eigenvalue weighted by Crippen LogP contribution is -2.40. The molecule has 0 rings (SSSR count). The molecule has 0 fully saturated rings. The van der Waals surface area contributed by atoms with E-state index >= 15 is 0 Å². The summed E-state index contributed by atoms with van der Waals surface area (Å²) in [5, 5.41) is 19.4. The third-order valence-corrected chi connectivity index (χ3v) is 2.57. The first-order chi connectivity index (χ1) is 6.63. The van der Waals surface area contributed by atoms with Gasteiger partial charge in [0.15, 0.2) is 0 Å². The predicted octanol–water partition coefficient (Wildman–Crippen LogP) is 1.94. The predicted molar refractivity (Wildman–Crippen MR) is 58.8 cm³/mol. The molecule has 0 heterocycles. The minimum atomic E-state index is -0.498. The van der Waals surface area contributed by atoms with E-state index < -0.39 is 12.5 Å². The fourth-order valence-electron chi connectivity index (χ4n) is 1.38. The summed E-state index contributed by atoms with van der Waals surface area (Å²) < 4.78 is 0. The smallest absolute Gasteiger partial charge is 0.109 e. The molecule has 14 heavy (non-hydrogen) atoms. The van der Waals surface area contributed by atoms with Crippen molar-refractivity contribution in [1.29, 1.82) is 0 Å². The van der Waals surface area contributed by atoms with Gasteiger partial charge < -0.3 is 10.2 Å². The van der Waals surface area contributed by atoms with Gasteiger partial charge in [-0.1, -0.05) is 26.7 Å². The van der Waals surface area contributed by atoms with Gasteiger partial charge in [0.25, 0.3) is 0 Å². The molecule has 0 spiro atoms. The first-order valence-electron chi connectivity index (χ1n) is 5.71. The van der Waals surface area contributed by atoms with Crippen LogP contribution in [0.15, 0.2) is 0 Å². The topological polar surface area (TPSA) is 43.7 Å². The van der Waals surface area contributed by atoms with Crippen LogP contribution in [-0.4, -0.2) is 34.6 Å². The second-order valence-electron chi connectivity index (χ2n) is 3.91. The normalized spacial score (nSPS) is 15.9. The highest BCUT2D eigenvalue weighted by Crippen LogP contribution is 2.10. The molecular formula is C11H25NO2. The summed E-state index contributed by atoms with van der Waals surface area (Å²) in [6.45, 7) is 4.19. The molecule has 0 bridgehead atoms. The van der Waals surface area contributed by atoms with Crippen LogP contribution in [0.2, 0.25) is 0 Å². The Bertz CT molecular complexity index is 116. The second kappa shape index (κ2) is 8.21. The van der Waals surface area contributed by atoms with Crippen LogP contribution in [0.4, 0.5) is 0 Å². The number of hydrogen-bond acceptors (Lipinski definition) is 3. The van der Waals surface area contributed by atoms with E-state index in [4.69, 9.17) is 0 Å². The number of aliphatic hydroxyl groups is 2. The molecule has 3 heteroatoms. The molecule has 3 nitrogen and oxygen atoms in total. The Morgan fingerprint density at radius 1 is 0.929 bits per heavy atom. The van der Waals surface area contributed by atoms with Crippen LogP contribution in [0.3, 0.4) is 0 Å². The zero-order chi connectivity index (χ0) is 11.0. The van der Waals surface area contributed by atoms with Crippen LogP contribution in [0.25, 0.3) is 0 Å². The van der Waals surface area contributed by atoms with E-state index in [0.717, 1.165) is 38.5 Å². The molecule has 0 amide bonds. The van der Waals surface area contributed by atoms with Gasteiger partial charge in [-0.25, -0.2) is 0 Å². The molecule has 0 aliphatic carbocycles. The molecule has 0 aliphatic heterocycles. The summed E-state index contributed by atoms with van der Waals surface area (Å²) in [6.07, 6.45) is 4.67. The van der Waals surface area contributed by atoms with E-state index in [1.54, 1.807) is 11.9 Å². The molecule has 86 valence electrons. The molecule has 2 unspecified atom stereocenters. The Labute approximate surface area is 87.7 Å². The van der Waals surface area contributed by atoms with Crippen molar-refractivity contribution in [2.45, 2.75) is 64.8 Å². The van der Waals surface area contributed by atoms with Crippen LogP contribution in [0.1, 0.15) is 52.4 Å². The maximum Gasteiger partial charge on any atom is 0.109 e. The highest BCUT2D eigenvalue weighted by atomic mass is 16.3. The summed E-state index contributed by atoms with van der Waals surface area (Å²) in [4.78, 5) is 1.66. The van der Waals surface area contributed by atoms with E-state index in [9.17, 15) is 10.2 Å². The number of unbranched alkanes of at least 4 members (excludes halogenated alkanes) is 2. The van der Waals surface area contributed by atoms with E-state index in [2.05, 4.69) is 13.8 Å². The Hall–Kier alpha value is -0.120. The molecule has 0 aromatic heterocycles. The third-order valence-electron chi connectivity index (χ3n) is 2.57. The van der Waals surface area contributed by atoms with Gasteiger partial charge in [-0.05, 0) is 32.7 Å². The minimum absolute atomic E-state index is 0.498. The maximum absolute atomic E-state index is 9.68. The summed E-state index contributed by atoms with van der Waals surface area (Å²) in [7, 11) is 1.78. The average Bonchev–Trinajstić information content (AvgIpc) is 2.21. The van der Waals surface area contributed by atoms with Crippen molar-refractivity contribution in [3.8, 4) is 0 Å². The first kappa shape index (κ1) is 13.9. The van der Waals surface area contributed by atoms with Crippen molar-refractivity contribution in [3.05, 3.63) is 0 Å². The van der Waals surface area contributed by atoms with Gasteiger partial charge >= 0.3 is 0 Å². The summed E-state index contributed by atoms with van der Waals surface area (Å²) >= 11 is 0. The quantitative estimate of drug-likeness (QED) is 0.592. The molecule has 0 aliphatic rings. The molecule has 0 saturated carbocycles. The van der Waals surface area contributed by atoms with Crippen molar-refractivity contribution < 1.29 is 10.2 Å². The Morgan fingerprint density at radius 2 is 1.29 bits per heavy atom. The lowest BCUT2D eigenvalue weighted by molar-refractivity contribution is -0.0922. The zero-order valence-corrected chi connectivity index (χ0v) is 9.74. The van der Waals surface area contributed by atoms with Crippen LogP contribution >= 0.6 is 0 Å². The van der Waals surface area contributed by atoms with Crippen molar-refractivity contribution in [1.82, 2.24) is 4.90 Å². The van der Waals surface area contributed by atoms with Gasteiger partial charge in [-0.2, -0.15) is 0 Å². The average molecular weight is 203 g/mol. The molecular weight excluding hydrogens is 178 g/mol. The number of rotatable bonds is 8. The zero-order valence-electron chi connectivity index (χ0n) is 9.74. The number of nitrogens with zero attached hydrogens (tertiary/aromatic N) is 1. The lowest BCUT2D eigenvalue weighted by Gasteiger charge is -2.28. The Kier molecular flexibility index (Phi) is 8.14. The largest absolute Gasteiger partial charge is 0.378 e. The standard InChI is InChI=1S/C11H25NO2/c1-4-6-8-10(13)12(3)11(14)9-7-5-2/h10-11,13-14H,4-9H2,1-3H3. The first-order valence-corrected chi connectivity index (χ1v) is 5.71. The molecule has 0 saturated heterocycles. The van der Waals surface area contributed by atoms with Crippen LogP contribution in [-0.2, 0) is 0 Å². The second-order valence-corrected chi connectivity index (χ2v) is 3.91. The van der Waals surface area contributed by atoms with Crippen LogP contribution < -0.4 is 0 Å². The van der Waals surface area contributed by atoms with Crippen molar-refractivity contribution in [2.75, 3.05) is 7.05 Å². The third kappa shape index (κ3) is 5.58. The highest BCUT2D eigenvalue weighted by molar-refractivity contribution is 4.61.